The van der Waals surface area contributed by atoms with E-state index < -0.39 is 0 Å². The van der Waals surface area contributed by atoms with Crippen LogP contribution in [0.5, 0.6) is 11.5 Å². The molecule has 0 fully saturated rings. The Balaban J connectivity index is 1.96. The van der Waals surface area contributed by atoms with Crippen molar-refractivity contribution < 1.29 is 9.47 Å². The normalized spacial score (nSPS) is 11.3. The summed E-state index contributed by atoms with van der Waals surface area (Å²) in [5.41, 5.74) is 2.77. The average molecular weight is 374 g/mol. The van der Waals surface area contributed by atoms with Crippen LogP contribution in [0.2, 0.25) is 0 Å². The molecule has 0 radical (unpaired) electrons. The number of aromatic nitrogens is 2. The van der Waals surface area contributed by atoms with Gasteiger partial charge >= 0.3 is 0 Å². The van der Waals surface area contributed by atoms with Crippen molar-refractivity contribution in [3.63, 3.8) is 0 Å². The van der Waals surface area contributed by atoms with E-state index in [0.717, 1.165) is 21.1 Å². The molecule has 0 spiro atoms. The molecule has 3 aromatic rings. The number of para-hydroxylation sites is 2. The van der Waals surface area contributed by atoms with Gasteiger partial charge in [0.1, 0.15) is 6.33 Å². The molecular weight excluding hydrogens is 358 g/mol. The highest BCUT2D eigenvalue weighted by atomic mass is 79.9. The Bertz CT molecular complexity index is 858. The first-order valence-corrected chi connectivity index (χ1v) is 7.99. The summed E-state index contributed by atoms with van der Waals surface area (Å²) >= 11 is 3.50. The molecule has 2 aromatic carbocycles. The number of ether oxygens (including phenoxy) is 2. The van der Waals surface area contributed by atoms with Crippen LogP contribution in [0.25, 0.3) is 11.0 Å². The smallest absolute Gasteiger partial charge is 0.174 e. The SMILES string of the molecule is CCOc1cc(/C=N\n2cnc3ccccc32)cc(Br)c1OC. The second-order valence-corrected chi connectivity index (χ2v) is 5.64. The van der Waals surface area contributed by atoms with Gasteiger partial charge in [0.05, 0.1) is 35.4 Å². The van der Waals surface area contributed by atoms with Crippen molar-refractivity contribution in [3.05, 3.63) is 52.8 Å². The zero-order valence-electron chi connectivity index (χ0n) is 12.9. The highest BCUT2D eigenvalue weighted by Crippen LogP contribution is 2.36. The molecule has 0 aliphatic heterocycles. The quantitative estimate of drug-likeness (QED) is 0.632. The van der Waals surface area contributed by atoms with Crippen LogP contribution in [0.1, 0.15) is 12.5 Å². The lowest BCUT2D eigenvalue weighted by atomic mass is 10.2. The zero-order valence-corrected chi connectivity index (χ0v) is 14.4. The third kappa shape index (κ3) is 3.22. The number of hydrogen-bond donors (Lipinski definition) is 0. The standard InChI is InChI=1S/C17H16BrN3O2/c1-3-23-16-9-12(8-13(18)17(16)22-2)10-20-21-11-19-14-6-4-5-7-15(14)21/h4-11H,3H2,1-2H3/b20-10-. The summed E-state index contributed by atoms with van der Waals surface area (Å²) in [5.74, 6) is 1.36. The molecular formula is C17H16BrN3O2. The lowest BCUT2D eigenvalue weighted by molar-refractivity contribution is 0.310. The van der Waals surface area contributed by atoms with Gasteiger partial charge in [-0.25, -0.2) is 9.66 Å². The van der Waals surface area contributed by atoms with Crippen molar-refractivity contribution in [1.29, 1.82) is 0 Å². The van der Waals surface area contributed by atoms with E-state index in [1.807, 2.05) is 43.3 Å². The van der Waals surface area contributed by atoms with Crippen molar-refractivity contribution >= 4 is 33.2 Å². The molecule has 1 aromatic heterocycles. The molecule has 0 atom stereocenters. The Hall–Kier alpha value is -2.34. The van der Waals surface area contributed by atoms with Crippen LogP contribution in [0.3, 0.4) is 0 Å². The summed E-state index contributed by atoms with van der Waals surface area (Å²) in [6.07, 6.45) is 3.46. The fourth-order valence-electron chi connectivity index (χ4n) is 2.29. The number of nitrogens with zero attached hydrogens (tertiary/aromatic N) is 3. The predicted octanol–water partition coefficient (Wildman–Crippen LogP) is 4.09. The molecule has 0 saturated carbocycles. The van der Waals surface area contributed by atoms with Crippen molar-refractivity contribution in [2.45, 2.75) is 6.92 Å². The molecule has 0 bridgehead atoms. The van der Waals surface area contributed by atoms with E-state index in [1.165, 1.54) is 0 Å². The number of fused-ring (bicyclic) bond motifs is 1. The maximum Gasteiger partial charge on any atom is 0.174 e. The van der Waals surface area contributed by atoms with Gasteiger partial charge in [0.25, 0.3) is 0 Å². The van der Waals surface area contributed by atoms with Gasteiger partial charge in [-0.05, 0) is 52.7 Å². The summed E-state index contributed by atoms with van der Waals surface area (Å²) in [5, 5.41) is 4.47. The predicted molar refractivity (Wildman–Crippen MR) is 94.6 cm³/mol. The molecule has 0 N–H and O–H groups in total. The molecule has 3 rings (SSSR count). The number of hydrogen-bond acceptors (Lipinski definition) is 4. The van der Waals surface area contributed by atoms with Crippen LogP contribution in [0.4, 0.5) is 0 Å². The highest BCUT2D eigenvalue weighted by molar-refractivity contribution is 9.10. The molecule has 1 heterocycles. The molecule has 0 saturated heterocycles. The monoisotopic (exact) mass is 373 g/mol. The maximum absolute atomic E-state index is 5.62. The minimum atomic E-state index is 0.565. The fraction of sp³-hybridized carbons (Fsp3) is 0.176. The molecule has 23 heavy (non-hydrogen) atoms. The van der Waals surface area contributed by atoms with E-state index >= 15 is 0 Å². The lowest BCUT2D eigenvalue weighted by Gasteiger charge is -2.11. The van der Waals surface area contributed by atoms with Crippen LogP contribution >= 0.6 is 15.9 Å². The number of halogens is 1. The minimum Gasteiger partial charge on any atom is -0.492 e. The van der Waals surface area contributed by atoms with Crippen LogP contribution < -0.4 is 9.47 Å². The Kier molecular flexibility index (Phi) is 4.62. The molecule has 0 amide bonds. The van der Waals surface area contributed by atoms with E-state index in [1.54, 1.807) is 24.3 Å². The van der Waals surface area contributed by atoms with E-state index in [0.29, 0.717) is 18.1 Å². The Labute approximate surface area is 142 Å². The van der Waals surface area contributed by atoms with Gasteiger partial charge in [-0.2, -0.15) is 5.10 Å². The maximum atomic E-state index is 5.62. The van der Waals surface area contributed by atoms with Crippen molar-refractivity contribution in [1.82, 2.24) is 9.66 Å². The largest absolute Gasteiger partial charge is 0.492 e. The van der Waals surface area contributed by atoms with Gasteiger partial charge in [-0.3, -0.25) is 0 Å². The van der Waals surface area contributed by atoms with Crippen LogP contribution in [-0.2, 0) is 0 Å². The highest BCUT2D eigenvalue weighted by Gasteiger charge is 2.10. The molecule has 118 valence electrons. The molecule has 0 unspecified atom stereocenters. The van der Waals surface area contributed by atoms with E-state index in [2.05, 4.69) is 26.0 Å². The third-order valence-corrected chi connectivity index (χ3v) is 3.89. The molecule has 0 aliphatic rings. The van der Waals surface area contributed by atoms with Gasteiger partial charge in [-0.15, -0.1) is 0 Å². The summed E-state index contributed by atoms with van der Waals surface area (Å²) in [7, 11) is 1.62. The summed E-state index contributed by atoms with van der Waals surface area (Å²) in [6.45, 7) is 2.50. The fourth-order valence-corrected chi connectivity index (χ4v) is 2.91. The number of imidazole rings is 1. The van der Waals surface area contributed by atoms with E-state index in [-0.39, 0.29) is 0 Å². The molecule has 0 aliphatic carbocycles. The number of rotatable bonds is 5. The lowest BCUT2D eigenvalue weighted by Crippen LogP contribution is -1.98. The molecule has 5 nitrogen and oxygen atoms in total. The Morgan fingerprint density at radius 2 is 2.13 bits per heavy atom. The Morgan fingerprint density at radius 1 is 1.30 bits per heavy atom. The van der Waals surface area contributed by atoms with Crippen LogP contribution in [0.15, 0.2) is 52.3 Å². The second kappa shape index (κ2) is 6.83. The van der Waals surface area contributed by atoms with Gasteiger partial charge in [0.15, 0.2) is 11.5 Å². The van der Waals surface area contributed by atoms with Gasteiger partial charge < -0.3 is 9.47 Å². The summed E-state index contributed by atoms with van der Waals surface area (Å²) in [6, 6.07) is 11.7. The Morgan fingerprint density at radius 3 is 2.91 bits per heavy atom. The van der Waals surface area contributed by atoms with E-state index in [4.69, 9.17) is 9.47 Å². The number of methoxy groups -OCH3 is 1. The zero-order chi connectivity index (χ0) is 16.2. The topological polar surface area (TPSA) is 48.6 Å². The summed E-state index contributed by atoms with van der Waals surface area (Å²) < 4.78 is 13.5. The van der Waals surface area contributed by atoms with Gasteiger partial charge in [-0.1, -0.05) is 12.1 Å². The van der Waals surface area contributed by atoms with Crippen LogP contribution in [-0.4, -0.2) is 29.6 Å². The van der Waals surface area contributed by atoms with Gasteiger partial charge in [0.2, 0.25) is 0 Å². The minimum absolute atomic E-state index is 0.565. The van der Waals surface area contributed by atoms with Crippen molar-refractivity contribution in [2.75, 3.05) is 13.7 Å². The average Bonchev–Trinajstić information content (AvgIpc) is 2.96. The third-order valence-electron chi connectivity index (χ3n) is 3.30. The van der Waals surface area contributed by atoms with Crippen molar-refractivity contribution in [2.24, 2.45) is 5.10 Å². The first kappa shape index (κ1) is 15.6. The first-order chi connectivity index (χ1) is 11.2. The first-order valence-electron chi connectivity index (χ1n) is 7.19. The van der Waals surface area contributed by atoms with Crippen LogP contribution in [0, 0.1) is 0 Å². The molecule has 6 heteroatoms. The van der Waals surface area contributed by atoms with Gasteiger partial charge in [0, 0.05) is 0 Å². The summed E-state index contributed by atoms with van der Waals surface area (Å²) in [4.78, 5) is 4.32. The van der Waals surface area contributed by atoms with Crippen molar-refractivity contribution in [3.8, 4) is 11.5 Å². The second-order valence-electron chi connectivity index (χ2n) is 4.79. The number of benzene rings is 2. The van der Waals surface area contributed by atoms with E-state index in [9.17, 15) is 0 Å².